The Bertz CT molecular complexity index is 703. The number of nitrogens with zero attached hydrogens (tertiary/aromatic N) is 1. The minimum Gasteiger partial charge on any atom is -0.497 e. The Morgan fingerprint density at radius 1 is 1.27 bits per heavy atom. The van der Waals surface area contributed by atoms with Gasteiger partial charge in [-0.05, 0) is 35.7 Å². The largest absolute Gasteiger partial charge is 0.497 e. The van der Waals surface area contributed by atoms with Crippen molar-refractivity contribution in [2.75, 3.05) is 19.0 Å². The number of hydrogen-bond acceptors (Lipinski definition) is 2. The molecule has 0 bridgehead atoms. The fourth-order valence-corrected chi connectivity index (χ4v) is 3.25. The fourth-order valence-electron chi connectivity index (χ4n) is 2.64. The molecule has 0 aliphatic carbocycles. The lowest BCUT2D eigenvalue weighted by Crippen LogP contribution is -2.38. The quantitative estimate of drug-likeness (QED) is 0.877. The molecule has 0 atom stereocenters. The molecule has 0 fully saturated rings. The van der Waals surface area contributed by atoms with Crippen LogP contribution in [0.2, 0.25) is 0 Å². The monoisotopic (exact) mass is 360 g/mol. The number of methoxy groups -OCH3 is 1. The summed E-state index contributed by atoms with van der Waals surface area (Å²) >= 11 is 3.58. The van der Waals surface area contributed by atoms with Crippen molar-refractivity contribution in [3.8, 4) is 5.75 Å². The Balaban J connectivity index is 1.71. The van der Waals surface area contributed by atoms with E-state index in [9.17, 15) is 4.79 Å². The zero-order valence-corrected chi connectivity index (χ0v) is 13.9. The number of benzene rings is 2. The van der Waals surface area contributed by atoms with Crippen LogP contribution >= 0.6 is 15.9 Å². The lowest BCUT2D eigenvalue weighted by Gasteiger charge is -2.29. The Kier molecular flexibility index (Phi) is 4.34. The average molecular weight is 361 g/mol. The van der Waals surface area contributed by atoms with Crippen molar-refractivity contribution >= 4 is 27.6 Å². The van der Waals surface area contributed by atoms with Crippen LogP contribution in [0, 0.1) is 0 Å². The third-order valence-electron chi connectivity index (χ3n) is 3.82. The molecule has 0 aromatic heterocycles. The summed E-state index contributed by atoms with van der Waals surface area (Å²) in [4.78, 5) is 14.3. The van der Waals surface area contributed by atoms with Crippen molar-refractivity contribution in [3.63, 3.8) is 0 Å². The molecule has 114 valence electrons. The van der Waals surface area contributed by atoms with Gasteiger partial charge in [0.05, 0.1) is 7.11 Å². The first-order valence-electron chi connectivity index (χ1n) is 7.13. The van der Waals surface area contributed by atoms with Gasteiger partial charge in [0.1, 0.15) is 5.75 Å². The number of ether oxygens (including phenoxy) is 1. The molecular formula is C17H17BrN2O2. The molecule has 2 aromatic rings. The maximum atomic E-state index is 12.4. The van der Waals surface area contributed by atoms with Crippen LogP contribution in [0.15, 0.2) is 46.9 Å². The second-order valence-electron chi connectivity index (χ2n) is 5.21. The van der Waals surface area contributed by atoms with Gasteiger partial charge in [0.2, 0.25) is 0 Å². The highest BCUT2D eigenvalue weighted by atomic mass is 79.9. The number of hydrogen-bond donors (Lipinski definition) is 1. The van der Waals surface area contributed by atoms with Crippen molar-refractivity contribution in [1.82, 2.24) is 4.90 Å². The van der Waals surface area contributed by atoms with E-state index in [1.807, 2.05) is 41.3 Å². The van der Waals surface area contributed by atoms with Gasteiger partial charge < -0.3 is 15.0 Å². The number of amides is 2. The molecule has 1 aliphatic heterocycles. The van der Waals surface area contributed by atoms with E-state index in [0.29, 0.717) is 13.1 Å². The third kappa shape index (κ3) is 3.09. The van der Waals surface area contributed by atoms with E-state index in [-0.39, 0.29) is 6.03 Å². The zero-order valence-electron chi connectivity index (χ0n) is 12.3. The summed E-state index contributed by atoms with van der Waals surface area (Å²) in [5, 5.41) is 2.93. The number of carbonyl (C=O) groups excluding carboxylic acids is 1. The Hall–Kier alpha value is -2.01. The van der Waals surface area contributed by atoms with Crippen LogP contribution in [-0.4, -0.2) is 24.6 Å². The van der Waals surface area contributed by atoms with E-state index in [1.165, 1.54) is 11.1 Å². The summed E-state index contributed by atoms with van der Waals surface area (Å²) in [5.74, 6) is 0.728. The number of fused-ring (bicyclic) bond motifs is 1. The van der Waals surface area contributed by atoms with Crippen LogP contribution in [0.4, 0.5) is 10.5 Å². The lowest BCUT2D eigenvalue weighted by atomic mass is 10.0. The molecule has 2 amide bonds. The van der Waals surface area contributed by atoms with Gasteiger partial charge in [-0.1, -0.05) is 34.1 Å². The van der Waals surface area contributed by atoms with Gasteiger partial charge >= 0.3 is 6.03 Å². The van der Waals surface area contributed by atoms with Crippen LogP contribution < -0.4 is 10.1 Å². The standard InChI is InChI=1S/C17H17BrN2O2/c1-22-14-6-3-5-13(10-14)19-17(21)20-9-8-15-12(11-20)4-2-7-16(15)18/h2-7,10H,8-9,11H2,1H3,(H,19,21). The van der Waals surface area contributed by atoms with Crippen LogP contribution in [0.5, 0.6) is 5.75 Å². The first-order chi connectivity index (χ1) is 10.7. The first-order valence-corrected chi connectivity index (χ1v) is 7.93. The van der Waals surface area contributed by atoms with Crippen LogP contribution in [0.1, 0.15) is 11.1 Å². The molecule has 1 aliphatic rings. The SMILES string of the molecule is COc1cccc(NC(=O)N2CCc3c(Br)cccc3C2)c1. The van der Waals surface area contributed by atoms with Gasteiger partial charge in [-0.3, -0.25) is 0 Å². The summed E-state index contributed by atoms with van der Waals surface area (Å²) in [6.45, 7) is 1.34. The van der Waals surface area contributed by atoms with Gasteiger partial charge in [-0.25, -0.2) is 4.79 Å². The van der Waals surface area contributed by atoms with Crippen molar-refractivity contribution in [3.05, 3.63) is 58.1 Å². The number of urea groups is 1. The van der Waals surface area contributed by atoms with Crippen molar-refractivity contribution in [2.45, 2.75) is 13.0 Å². The zero-order chi connectivity index (χ0) is 15.5. The minimum atomic E-state index is -0.0844. The molecule has 2 aromatic carbocycles. The highest BCUT2D eigenvalue weighted by Gasteiger charge is 2.21. The van der Waals surface area contributed by atoms with Crippen molar-refractivity contribution in [2.24, 2.45) is 0 Å². The Labute approximate surface area is 138 Å². The molecule has 1 heterocycles. The maximum absolute atomic E-state index is 12.4. The smallest absolute Gasteiger partial charge is 0.322 e. The van der Waals surface area contributed by atoms with Gasteiger partial charge in [0, 0.05) is 29.3 Å². The molecule has 3 rings (SSSR count). The van der Waals surface area contributed by atoms with E-state index in [4.69, 9.17) is 4.74 Å². The molecule has 0 spiro atoms. The number of rotatable bonds is 2. The topological polar surface area (TPSA) is 41.6 Å². The molecule has 22 heavy (non-hydrogen) atoms. The summed E-state index contributed by atoms with van der Waals surface area (Å²) in [6, 6.07) is 13.4. The third-order valence-corrected chi connectivity index (χ3v) is 4.56. The predicted molar refractivity (Wildman–Crippen MR) is 90.3 cm³/mol. The molecule has 0 unspecified atom stereocenters. The predicted octanol–water partition coefficient (Wildman–Crippen LogP) is 4.05. The van der Waals surface area contributed by atoms with E-state index < -0.39 is 0 Å². The second kappa shape index (κ2) is 6.40. The van der Waals surface area contributed by atoms with E-state index in [1.54, 1.807) is 7.11 Å². The highest BCUT2D eigenvalue weighted by molar-refractivity contribution is 9.10. The van der Waals surface area contributed by atoms with Crippen LogP contribution in [0.3, 0.4) is 0 Å². The molecule has 4 nitrogen and oxygen atoms in total. The van der Waals surface area contributed by atoms with Gasteiger partial charge in [0.15, 0.2) is 0 Å². The van der Waals surface area contributed by atoms with E-state index in [0.717, 1.165) is 22.3 Å². The molecule has 0 saturated heterocycles. The number of anilines is 1. The molecule has 0 saturated carbocycles. The number of carbonyl (C=O) groups is 1. The van der Waals surface area contributed by atoms with E-state index >= 15 is 0 Å². The summed E-state index contributed by atoms with van der Waals surface area (Å²) in [6.07, 6.45) is 0.863. The molecule has 5 heteroatoms. The maximum Gasteiger partial charge on any atom is 0.322 e. The summed E-state index contributed by atoms with van der Waals surface area (Å²) < 4.78 is 6.29. The van der Waals surface area contributed by atoms with Crippen molar-refractivity contribution < 1.29 is 9.53 Å². The minimum absolute atomic E-state index is 0.0844. The number of nitrogens with one attached hydrogen (secondary N) is 1. The van der Waals surface area contributed by atoms with Gasteiger partial charge in [0.25, 0.3) is 0 Å². The normalized spacial score (nSPS) is 13.5. The highest BCUT2D eigenvalue weighted by Crippen LogP contribution is 2.26. The lowest BCUT2D eigenvalue weighted by molar-refractivity contribution is 0.206. The molecule has 0 radical (unpaired) electrons. The van der Waals surface area contributed by atoms with Crippen molar-refractivity contribution in [1.29, 1.82) is 0 Å². The second-order valence-corrected chi connectivity index (χ2v) is 6.07. The molecule has 1 N–H and O–H groups in total. The first kappa shape index (κ1) is 14.9. The Morgan fingerprint density at radius 3 is 2.91 bits per heavy atom. The fraction of sp³-hybridized carbons (Fsp3) is 0.235. The molecular weight excluding hydrogens is 344 g/mol. The summed E-state index contributed by atoms with van der Waals surface area (Å²) in [5.41, 5.74) is 3.23. The Morgan fingerprint density at radius 2 is 2.09 bits per heavy atom. The van der Waals surface area contributed by atoms with Gasteiger partial charge in [-0.15, -0.1) is 0 Å². The number of halogens is 1. The van der Waals surface area contributed by atoms with E-state index in [2.05, 4.69) is 27.3 Å². The average Bonchev–Trinajstić information content (AvgIpc) is 2.55. The van der Waals surface area contributed by atoms with Crippen LogP contribution in [-0.2, 0) is 13.0 Å². The van der Waals surface area contributed by atoms with Gasteiger partial charge in [-0.2, -0.15) is 0 Å². The summed E-state index contributed by atoms with van der Waals surface area (Å²) in [7, 11) is 1.61. The van der Waals surface area contributed by atoms with Crippen LogP contribution in [0.25, 0.3) is 0 Å².